The van der Waals surface area contributed by atoms with Gasteiger partial charge >= 0.3 is 0 Å². The van der Waals surface area contributed by atoms with Crippen LogP contribution in [0.3, 0.4) is 0 Å². The van der Waals surface area contributed by atoms with Crippen molar-refractivity contribution >= 4 is 47.1 Å². The van der Waals surface area contributed by atoms with E-state index in [9.17, 15) is 4.79 Å². The van der Waals surface area contributed by atoms with Gasteiger partial charge in [-0.2, -0.15) is 0 Å². The molecule has 0 heterocycles. The lowest BCUT2D eigenvalue weighted by molar-refractivity contribution is -0.125. The Hall–Kier alpha value is -1.22. The average Bonchev–Trinajstić information content (AvgIpc) is 2.49. The Morgan fingerprint density at radius 2 is 1.44 bits per heavy atom. The number of hydrogen-bond acceptors (Lipinski definition) is 2. The highest BCUT2D eigenvalue weighted by Gasteiger charge is 2.22. The Kier molecular flexibility index (Phi) is 9.57. The second-order valence-corrected chi connectivity index (χ2v) is 7.63. The molecule has 0 fully saturated rings. The van der Waals surface area contributed by atoms with Gasteiger partial charge in [0.1, 0.15) is 5.78 Å². The van der Waals surface area contributed by atoms with E-state index in [1.807, 2.05) is 65.0 Å². The molecule has 25 heavy (non-hydrogen) atoms. The third-order valence-electron chi connectivity index (χ3n) is 3.68. The van der Waals surface area contributed by atoms with Crippen LogP contribution in [0.4, 0.5) is 5.69 Å². The van der Waals surface area contributed by atoms with E-state index in [2.05, 4.69) is 0 Å². The molecule has 2 nitrogen and oxygen atoms in total. The number of benzene rings is 2. The summed E-state index contributed by atoms with van der Waals surface area (Å²) in [4.78, 5) is 11.8. The summed E-state index contributed by atoms with van der Waals surface area (Å²) < 4.78 is 0. The van der Waals surface area contributed by atoms with Crippen molar-refractivity contribution in [2.75, 3.05) is 5.73 Å². The summed E-state index contributed by atoms with van der Waals surface area (Å²) in [6, 6.07) is 11.4. The molecule has 0 bridgehead atoms. The molecule has 0 unspecified atom stereocenters. The summed E-state index contributed by atoms with van der Waals surface area (Å²) in [5, 5.41) is 1.38. The van der Waals surface area contributed by atoms with Gasteiger partial charge in [0.05, 0.1) is 10.7 Å². The van der Waals surface area contributed by atoms with E-state index in [0.717, 1.165) is 21.7 Å². The third-order valence-corrected chi connectivity index (χ3v) is 4.74. The van der Waals surface area contributed by atoms with Gasteiger partial charge in [0.25, 0.3) is 0 Å². The largest absolute Gasteiger partial charge is 0.398 e. The first-order chi connectivity index (χ1) is 11.0. The van der Waals surface area contributed by atoms with E-state index in [4.69, 9.17) is 28.9 Å². The number of ketones is 1. The van der Waals surface area contributed by atoms with Crippen LogP contribution < -0.4 is 5.73 Å². The summed E-state index contributed by atoms with van der Waals surface area (Å²) in [5.74, 6) is 0.218. The number of Topliss-reactive ketones (excluding diaryl/α,β-unsaturated/α-hetero) is 1. The number of aryl methyl sites for hydroxylation is 2. The Morgan fingerprint density at radius 1 is 0.960 bits per heavy atom. The number of carbonyl (C=O) groups is 1. The Labute approximate surface area is 167 Å². The molecule has 0 saturated carbocycles. The molecule has 2 N–H and O–H groups in total. The first-order valence-corrected chi connectivity index (χ1v) is 8.57. The lowest BCUT2D eigenvalue weighted by Gasteiger charge is -2.17. The SMILES string of the molecule is Cc1cccc(CC(=O)C(C)(C)C)c1Cl.Cc1cccc(N)c1Cl.Cl. The highest BCUT2D eigenvalue weighted by molar-refractivity contribution is 6.33. The van der Waals surface area contributed by atoms with Gasteiger partial charge in [0, 0.05) is 16.9 Å². The maximum Gasteiger partial charge on any atom is 0.142 e. The molecule has 5 heteroatoms. The maximum absolute atomic E-state index is 11.8. The van der Waals surface area contributed by atoms with Crippen molar-refractivity contribution in [3.63, 3.8) is 0 Å². The quantitative estimate of drug-likeness (QED) is 0.586. The second-order valence-electron chi connectivity index (χ2n) is 6.88. The number of anilines is 1. The van der Waals surface area contributed by atoms with Crippen LogP contribution in [0.5, 0.6) is 0 Å². The zero-order chi connectivity index (χ0) is 18.5. The van der Waals surface area contributed by atoms with Crippen molar-refractivity contribution in [3.8, 4) is 0 Å². The Morgan fingerprint density at radius 3 is 1.88 bits per heavy atom. The van der Waals surface area contributed by atoms with E-state index in [-0.39, 0.29) is 23.6 Å². The van der Waals surface area contributed by atoms with Gasteiger partial charge in [-0.25, -0.2) is 0 Å². The molecule has 0 aromatic heterocycles. The minimum atomic E-state index is -0.299. The van der Waals surface area contributed by atoms with E-state index >= 15 is 0 Å². The molecule has 0 atom stereocenters. The highest BCUT2D eigenvalue weighted by atomic mass is 35.5. The van der Waals surface area contributed by atoms with Gasteiger partial charge in [-0.1, -0.05) is 74.3 Å². The molecular formula is C20H26Cl3NO. The highest BCUT2D eigenvalue weighted by Crippen LogP contribution is 2.24. The summed E-state index contributed by atoms with van der Waals surface area (Å²) in [7, 11) is 0. The van der Waals surface area contributed by atoms with Gasteiger partial charge in [0.2, 0.25) is 0 Å². The maximum atomic E-state index is 11.8. The van der Waals surface area contributed by atoms with Crippen LogP contribution in [0.1, 0.15) is 37.5 Å². The number of nitrogens with two attached hydrogens (primary N) is 1. The molecule has 0 radical (unpaired) electrons. The molecule has 0 aliphatic carbocycles. The average molecular weight is 403 g/mol. The second kappa shape index (κ2) is 10.1. The Balaban J connectivity index is 0.000000495. The van der Waals surface area contributed by atoms with Crippen LogP contribution in [0, 0.1) is 19.3 Å². The first-order valence-electron chi connectivity index (χ1n) is 7.82. The fraction of sp³-hybridized carbons (Fsp3) is 0.350. The van der Waals surface area contributed by atoms with Crippen molar-refractivity contribution < 1.29 is 4.79 Å². The molecule has 0 spiro atoms. The molecule has 0 saturated heterocycles. The van der Waals surface area contributed by atoms with Crippen molar-refractivity contribution in [1.29, 1.82) is 0 Å². The normalized spacial score (nSPS) is 10.4. The summed E-state index contributed by atoms with van der Waals surface area (Å²) in [6.45, 7) is 9.67. The topological polar surface area (TPSA) is 43.1 Å². The van der Waals surface area contributed by atoms with Crippen molar-refractivity contribution in [3.05, 3.63) is 63.1 Å². The third kappa shape index (κ3) is 7.27. The molecule has 2 rings (SSSR count). The van der Waals surface area contributed by atoms with Crippen molar-refractivity contribution in [1.82, 2.24) is 0 Å². The lowest BCUT2D eigenvalue weighted by Crippen LogP contribution is -2.22. The minimum Gasteiger partial charge on any atom is -0.398 e. The van der Waals surface area contributed by atoms with E-state index in [0.29, 0.717) is 17.1 Å². The molecular weight excluding hydrogens is 377 g/mol. The minimum absolute atomic E-state index is 0. The Bertz CT molecular complexity index is 701. The van der Waals surface area contributed by atoms with E-state index < -0.39 is 0 Å². The smallest absolute Gasteiger partial charge is 0.142 e. The fourth-order valence-electron chi connectivity index (χ4n) is 1.95. The zero-order valence-corrected chi connectivity index (χ0v) is 17.6. The molecule has 0 aliphatic heterocycles. The number of hydrogen-bond donors (Lipinski definition) is 1. The summed E-state index contributed by atoms with van der Waals surface area (Å²) in [6.07, 6.45) is 0.421. The predicted octanol–water partition coefficient (Wildman–Crippen LogP) is 6.46. The first kappa shape index (κ1) is 23.8. The van der Waals surface area contributed by atoms with E-state index in [1.54, 1.807) is 6.07 Å². The lowest BCUT2D eigenvalue weighted by atomic mass is 9.87. The van der Waals surface area contributed by atoms with E-state index in [1.165, 1.54) is 0 Å². The van der Waals surface area contributed by atoms with Gasteiger partial charge in [-0.15, -0.1) is 12.4 Å². The van der Waals surface area contributed by atoms with Gasteiger partial charge in [-0.05, 0) is 36.6 Å². The van der Waals surface area contributed by atoms with Crippen LogP contribution in [-0.4, -0.2) is 5.78 Å². The number of carbonyl (C=O) groups excluding carboxylic acids is 1. The molecule has 0 amide bonds. The predicted molar refractivity (Wildman–Crippen MR) is 112 cm³/mol. The molecule has 138 valence electrons. The number of nitrogen functional groups attached to an aromatic ring is 1. The molecule has 2 aromatic carbocycles. The fourth-order valence-corrected chi connectivity index (χ4v) is 2.27. The zero-order valence-electron chi connectivity index (χ0n) is 15.3. The van der Waals surface area contributed by atoms with Crippen molar-refractivity contribution in [2.24, 2.45) is 5.41 Å². The molecule has 0 aliphatic rings. The monoisotopic (exact) mass is 401 g/mol. The van der Waals surface area contributed by atoms with Gasteiger partial charge < -0.3 is 5.73 Å². The summed E-state index contributed by atoms with van der Waals surface area (Å²) in [5.41, 5.74) is 8.82. The number of halogens is 3. The van der Waals surface area contributed by atoms with Crippen LogP contribution in [0.2, 0.25) is 10.0 Å². The van der Waals surface area contributed by atoms with Crippen LogP contribution in [-0.2, 0) is 11.2 Å². The standard InChI is InChI=1S/C13H17ClO.C7H8ClN.ClH/c1-9-6-5-7-10(12(9)14)8-11(15)13(2,3)4;1-5-3-2-4-6(9)7(5)8;/h5-7H,8H2,1-4H3;2-4H,9H2,1H3;1H. The van der Waals surface area contributed by atoms with Crippen molar-refractivity contribution in [2.45, 2.75) is 41.0 Å². The van der Waals surface area contributed by atoms with Crippen LogP contribution in [0.25, 0.3) is 0 Å². The van der Waals surface area contributed by atoms with Crippen LogP contribution >= 0.6 is 35.6 Å². The van der Waals surface area contributed by atoms with Gasteiger partial charge in [-0.3, -0.25) is 4.79 Å². The summed E-state index contributed by atoms with van der Waals surface area (Å²) >= 11 is 11.9. The number of rotatable bonds is 2. The van der Waals surface area contributed by atoms with Gasteiger partial charge in [0.15, 0.2) is 0 Å². The molecule has 2 aromatic rings. The van der Waals surface area contributed by atoms with Crippen LogP contribution in [0.15, 0.2) is 36.4 Å².